The molecule has 0 spiro atoms. The number of hydrogen-bond donors (Lipinski definition) is 0. The molecule has 2 heterocycles. The number of carbonyl (C=O) groups excluding carboxylic acids is 1. The minimum absolute atomic E-state index is 0.0912. The van der Waals surface area contributed by atoms with Crippen LogP contribution in [0.3, 0.4) is 0 Å². The minimum Gasteiger partial charge on any atom is -0.444 e. The first-order valence-electron chi connectivity index (χ1n) is 8.39. The third kappa shape index (κ3) is 4.35. The van der Waals surface area contributed by atoms with Gasteiger partial charge in [0, 0.05) is 24.6 Å². The summed E-state index contributed by atoms with van der Waals surface area (Å²) in [6.07, 6.45) is 1.16. The Morgan fingerprint density at radius 1 is 1.32 bits per heavy atom. The average Bonchev–Trinajstić information content (AvgIpc) is 3.03. The molecule has 25 heavy (non-hydrogen) atoms. The van der Waals surface area contributed by atoms with E-state index < -0.39 is 5.60 Å². The smallest absolute Gasteiger partial charge is 0.410 e. The number of nitrogens with zero attached hydrogens (tertiary/aromatic N) is 3. The summed E-state index contributed by atoms with van der Waals surface area (Å²) in [6.45, 7) is 6.71. The van der Waals surface area contributed by atoms with Gasteiger partial charge in [0.25, 0.3) is 0 Å². The van der Waals surface area contributed by atoms with Gasteiger partial charge < -0.3 is 14.2 Å². The molecule has 0 saturated carbocycles. The van der Waals surface area contributed by atoms with Crippen LogP contribution in [0.1, 0.15) is 45.4 Å². The number of piperidine rings is 1. The largest absolute Gasteiger partial charge is 0.444 e. The van der Waals surface area contributed by atoms with Crippen molar-refractivity contribution in [2.75, 3.05) is 13.1 Å². The predicted octanol–water partition coefficient (Wildman–Crippen LogP) is 3.99. The van der Waals surface area contributed by atoms with Crippen molar-refractivity contribution in [1.82, 2.24) is 15.0 Å². The number of rotatable bonds is 2. The van der Waals surface area contributed by atoms with Gasteiger partial charge in [0.05, 0.1) is 0 Å². The summed E-state index contributed by atoms with van der Waals surface area (Å²) >= 11 is 0. The van der Waals surface area contributed by atoms with E-state index in [-0.39, 0.29) is 17.8 Å². The minimum atomic E-state index is -0.500. The Morgan fingerprint density at radius 2 is 2.04 bits per heavy atom. The number of aromatic nitrogens is 2. The van der Waals surface area contributed by atoms with Crippen LogP contribution in [-0.2, 0) is 4.74 Å². The van der Waals surface area contributed by atoms with Crippen LogP contribution in [0.5, 0.6) is 0 Å². The molecule has 1 fully saturated rings. The van der Waals surface area contributed by atoms with E-state index in [0.717, 1.165) is 12.8 Å². The van der Waals surface area contributed by atoms with Gasteiger partial charge in [-0.15, -0.1) is 0 Å². The molecule has 134 valence electrons. The number of halogens is 1. The maximum atomic E-state index is 13.3. The number of carbonyl (C=O) groups is 1. The molecular formula is C18H22FN3O3. The molecule has 0 unspecified atom stereocenters. The summed E-state index contributed by atoms with van der Waals surface area (Å²) in [6, 6.07) is 6.10. The second-order valence-electron chi connectivity index (χ2n) is 7.21. The van der Waals surface area contributed by atoms with Crippen molar-refractivity contribution in [1.29, 1.82) is 0 Å². The number of likely N-dealkylation sites (tertiary alicyclic amines) is 1. The molecule has 0 aliphatic carbocycles. The Balaban J connectivity index is 1.61. The highest BCUT2D eigenvalue weighted by Crippen LogP contribution is 2.29. The van der Waals surface area contributed by atoms with Crippen LogP contribution in [0.2, 0.25) is 0 Å². The SMILES string of the molecule is CC(C)(C)OC(=O)N1CCC(c2nc(-c3cccc(F)c3)no2)CC1. The molecule has 1 aliphatic heterocycles. The monoisotopic (exact) mass is 347 g/mol. The van der Waals surface area contributed by atoms with Crippen LogP contribution in [0, 0.1) is 5.82 Å². The van der Waals surface area contributed by atoms with E-state index in [0.29, 0.717) is 30.4 Å². The molecule has 7 heteroatoms. The normalized spacial score (nSPS) is 16.1. The Hall–Kier alpha value is -2.44. The van der Waals surface area contributed by atoms with Crippen molar-refractivity contribution in [3.8, 4) is 11.4 Å². The predicted molar refractivity (Wildman–Crippen MR) is 89.5 cm³/mol. The quantitative estimate of drug-likeness (QED) is 0.821. The maximum Gasteiger partial charge on any atom is 0.410 e. The van der Waals surface area contributed by atoms with Gasteiger partial charge in [-0.1, -0.05) is 17.3 Å². The van der Waals surface area contributed by atoms with Crippen LogP contribution in [0.25, 0.3) is 11.4 Å². The van der Waals surface area contributed by atoms with Gasteiger partial charge in [-0.2, -0.15) is 4.98 Å². The summed E-state index contributed by atoms with van der Waals surface area (Å²) < 4.78 is 24.1. The Labute approximate surface area is 146 Å². The van der Waals surface area contributed by atoms with Gasteiger partial charge in [-0.25, -0.2) is 9.18 Å². The molecule has 0 N–H and O–H groups in total. The average molecular weight is 347 g/mol. The molecule has 0 bridgehead atoms. The Bertz CT molecular complexity index is 746. The first-order chi connectivity index (χ1) is 11.8. The van der Waals surface area contributed by atoms with Crippen LogP contribution in [0.4, 0.5) is 9.18 Å². The van der Waals surface area contributed by atoms with Gasteiger partial charge in [-0.05, 0) is 45.7 Å². The van der Waals surface area contributed by atoms with E-state index in [1.807, 2.05) is 20.8 Å². The highest BCUT2D eigenvalue weighted by atomic mass is 19.1. The van der Waals surface area contributed by atoms with Gasteiger partial charge >= 0.3 is 6.09 Å². The number of ether oxygens (including phenoxy) is 1. The summed E-state index contributed by atoms with van der Waals surface area (Å²) in [5.41, 5.74) is 0.0847. The van der Waals surface area contributed by atoms with Crippen molar-refractivity contribution in [2.45, 2.75) is 45.1 Å². The van der Waals surface area contributed by atoms with E-state index >= 15 is 0 Å². The molecule has 1 aromatic heterocycles. The van der Waals surface area contributed by atoms with E-state index in [4.69, 9.17) is 9.26 Å². The lowest BCUT2D eigenvalue weighted by atomic mass is 9.97. The zero-order valence-corrected chi connectivity index (χ0v) is 14.7. The third-order valence-electron chi connectivity index (χ3n) is 4.02. The first-order valence-corrected chi connectivity index (χ1v) is 8.39. The molecular weight excluding hydrogens is 325 g/mol. The van der Waals surface area contributed by atoms with E-state index in [1.165, 1.54) is 12.1 Å². The molecule has 3 rings (SSSR count). The van der Waals surface area contributed by atoms with Crippen molar-refractivity contribution in [3.05, 3.63) is 36.0 Å². The van der Waals surface area contributed by atoms with Crippen LogP contribution >= 0.6 is 0 Å². The highest BCUT2D eigenvalue weighted by Gasteiger charge is 2.30. The summed E-state index contributed by atoms with van der Waals surface area (Å²) in [5.74, 6) is 0.662. The van der Waals surface area contributed by atoms with Gasteiger partial charge in [0.15, 0.2) is 0 Å². The lowest BCUT2D eigenvalue weighted by Crippen LogP contribution is -2.41. The Kier molecular flexibility index (Phi) is 4.74. The van der Waals surface area contributed by atoms with Crippen LogP contribution in [-0.4, -0.2) is 39.8 Å². The first kappa shape index (κ1) is 17.4. The highest BCUT2D eigenvalue weighted by molar-refractivity contribution is 5.68. The number of benzene rings is 1. The molecule has 6 nitrogen and oxygen atoms in total. The van der Waals surface area contributed by atoms with Crippen LogP contribution in [0.15, 0.2) is 28.8 Å². The Morgan fingerprint density at radius 3 is 2.68 bits per heavy atom. The lowest BCUT2D eigenvalue weighted by Gasteiger charge is -2.32. The van der Waals surface area contributed by atoms with Gasteiger partial charge in [-0.3, -0.25) is 0 Å². The zero-order chi connectivity index (χ0) is 18.0. The lowest BCUT2D eigenvalue weighted by molar-refractivity contribution is 0.0198. The van der Waals surface area contributed by atoms with E-state index in [2.05, 4.69) is 10.1 Å². The molecule has 0 radical (unpaired) electrons. The third-order valence-corrected chi connectivity index (χ3v) is 4.02. The maximum absolute atomic E-state index is 13.3. The molecule has 1 amide bonds. The summed E-state index contributed by atoms with van der Waals surface area (Å²) in [4.78, 5) is 18.2. The van der Waals surface area contributed by atoms with Crippen molar-refractivity contribution >= 4 is 6.09 Å². The van der Waals surface area contributed by atoms with Gasteiger partial charge in [0.1, 0.15) is 11.4 Å². The van der Waals surface area contributed by atoms with Gasteiger partial charge in [0.2, 0.25) is 11.7 Å². The molecule has 0 atom stereocenters. The van der Waals surface area contributed by atoms with Crippen molar-refractivity contribution < 1.29 is 18.4 Å². The van der Waals surface area contributed by atoms with E-state index in [1.54, 1.807) is 17.0 Å². The number of hydrogen-bond acceptors (Lipinski definition) is 5. The molecule has 1 saturated heterocycles. The second-order valence-corrected chi connectivity index (χ2v) is 7.21. The fraction of sp³-hybridized carbons (Fsp3) is 0.500. The van der Waals surface area contributed by atoms with Crippen molar-refractivity contribution in [2.24, 2.45) is 0 Å². The van der Waals surface area contributed by atoms with Crippen LogP contribution < -0.4 is 0 Å². The number of amides is 1. The second kappa shape index (κ2) is 6.82. The summed E-state index contributed by atoms with van der Waals surface area (Å²) in [7, 11) is 0. The topological polar surface area (TPSA) is 68.5 Å². The van der Waals surface area contributed by atoms with Crippen molar-refractivity contribution in [3.63, 3.8) is 0 Å². The molecule has 1 aromatic carbocycles. The van der Waals surface area contributed by atoms with E-state index in [9.17, 15) is 9.18 Å². The zero-order valence-electron chi connectivity index (χ0n) is 14.7. The molecule has 1 aliphatic rings. The summed E-state index contributed by atoms with van der Waals surface area (Å²) in [5, 5.41) is 3.95. The standard InChI is InChI=1S/C18H22FN3O3/c1-18(2,3)24-17(23)22-9-7-12(8-10-22)16-20-15(21-25-16)13-5-4-6-14(19)11-13/h4-6,11-12H,7-10H2,1-3H3. The molecule has 2 aromatic rings. The fourth-order valence-corrected chi connectivity index (χ4v) is 2.78. The fourth-order valence-electron chi connectivity index (χ4n) is 2.78.